The van der Waals surface area contributed by atoms with Crippen molar-refractivity contribution >= 4 is 42.9 Å². The number of nitrogen functional groups attached to an aromatic ring is 1. The Kier molecular flexibility index (Phi) is 10.8. The number of nitrogens with zero attached hydrogens (tertiary/aromatic N) is 4. The fourth-order valence-corrected chi connectivity index (χ4v) is 7.33. The number of carbonyl (C=O) groups excluding carboxylic acids is 3. The van der Waals surface area contributed by atoms with Crippen LogP contribution in [-0.4, -0.2) is 95.4 Å². The van der Waals surface area contributed by atoms with Crippen LogP contribution in [0.2, 0.25) is 0 Å². The number of fused-ring (bicyclic) bond motifs is 2. The van der Waals surface area contributed by atoms with Gasteiger partial charge in [0, 0.05) is 0 Å². The van der Waals surface area contributed by atoms with Crippen LogP contribution in [0.15, 0.2) is 6.33 Å². The Morgan fingerprint density at radius 2 is 1.65 bits per heavy atom. The van der Waals surface area contributed by atoms with Crippen LogP contribution in [0.4, 0.5) is 10.7 Å². The van der Waals surface area contributed by atoms with E-state index in [4.69, 9.17) is 38.7 Å². The monoisotopic (exact) mass is 671 g/mol. The lowest BCUT2D eigenvalue weighted by Gasteiger charge is -2.30. The van der Waals surface area contributed by atoms with Crippen LogP contribution >= 0.6 is 7.67 Å². The standard InChI is InChI=1S/C27H42N7O11P/c1-13(2)9-15(22(35)40-7)32-46(38,33-16(10-14(3)4)23(36)41-8)42-11-17-19-27(5,45-26(37)44-19)24(43-17)34-12-29-18-20(34)30-25(28)31-21(18)39-6/h12-17,19,24H,9-11H2,1-8H3,(H2,28,30,31)(H2,32,33,38)/t15?,16?,17-,19+,24?,27?,46?/m1/s1. The van der Waals surface area contributed by atoms with Gasteiger partial charge in [-0.25, -0.2) is 20.0 Å². The van der Waals surface area contributed by atoms with Gasteiger partial charge < -0.3 is 38.7 Å². The van der Waals surface area contributed by atoms with Crippen LogP contribution in [0.25, 0.3) is 11.2 Å². The van der Waals surface area contributed by atoms with Gasteiger partial charge in [0.05, 0.1) is 34.3 Å². The smallest absolute Gasteiger partial charge is 0.479 e. The maximum atomic E-state index is 14.5. The number of methoxy groups -OCH3 is 3. The summed E-state index contributed by atoms with van der Waals surface area (Å²) in [5.74, 6) is -1.33. The number of hydrogen-bond acceptors (Lipinski definition) is 15. The van der Waals surface area contributed by atoms with Crippen LogP contribution in [0.1, 0.15) is 53.7 Å². The lowest BCUT2D eigenvalue weighted by Crippen LogP contribution is -2.46. The van der Waals surface area contributed by atoms with Crippen LogP contribution in [0.3, 0.4) is 0 Å². The molecule has 19 heteroatoms. The van der Waals surface area contributed by atoms with Crippen molar-refractivity contribution in [1.82, 2.24) is 29.7 Å². The number of anilines is 1. The average Bonchev–Trinajstić information content (AvgIpc) is 3.62. The van der Waals surface area contributed by atoms with Crippen molar-refractivity contribution in [2.75, 3.05) is 33.7 Å². The van der Waals surface area contributed by atoms with E-state index in [9.17, 15) is 18.9 Å². The second-order valence-electron chi connectivity index (χ2n) is 12.0. The normalized spacial score (nSPS) is 25.1. The zero-order valence-corrected chi connectivity index (χ0v) is 27.9. The van der Waals surface area contributed by atoms with Gasteiger partial charge in [0.15, 0.2) is 29.1 Å². The first-order valence-corrected chi connectivity index (χ1v) is 16.3. The highest BCUT2D eigenvalue weighted by Gasteiger charge is 2.64. The highest BCUT2D eigenvalue weighted by atomic mass is 31.2. The third kappa shape index (κ3) is 7.36. The first-order chi connectivity index (χ1) is 21.6. The number of nitrogens with two attached hydrogens (primary N) is 1. The van der Waals surface area contributed by atoms with E-state index in [1.54, 1.807) is 6.92 Å². The van der Waals surface area contributed by atoms with E-state index in [0.717, 1.165) is 0 Å². The molecule has 2 aliphatic rings. The highest BCUT2D eigenvalue weighted by Crippen LogP contribution is 2.49. The molecule has 18 nitrogen and oxygen atoms in total. The number of imidazole rings is 1. The fraction of sp³-hybridized carbons (Fsp3) is 0.704. The summed E-state index contributed by atoms with van der Waals surface area (Å²) in [6, 6.07) is -2.12. The molecule has 2 saturated heterocycles. The van der Waals surface area contributed by atoms with E-state index in [1.807, 2.05) is 27.7 Å². The van der Waals surface area contributed by atoms with Gasteiger partial charge in [-0.3, -0.25) is 18.7 Å². The van der Waals surface area contributed by atoms with E-state index in [2.05, 4.69) is 25.1 Å². The second-order valence-corrected chi connectivity index (χ2v) is 13.9. The predicted molar refractivity (Wildman–Crippen MR) is 160 cm³/mol. The minimum Gasteiger partial charge on any atom is -0.479 e. The molecule has 0 aromatic carbocycles. The molecule has 4 rings (SSSR count). The van der Waals surface area contributed by atoms with Gasteiger partial charge >= 0.3 is 25.8 Å². The Hall–Kier alpha value is -3.57. The Balaban J connectivity index is 1.67. The highest BCUT2D eigenvalue weighted by molar-refractivity contribution is 7.54. The Bertz CT molecular complexity index is 1450. The number of rotatable bonds is 15. The Morgan fingerprint density at radius 1 is 1.07 bits per heavy atom. The predicted octanol–water partition coefficient (Wildman–Crippen LogP) is 2.09. The summed E-state index contributed by atoms with van der Waals surface area (Å²) in [5.41, 5.74) is 4.98. The minimum atomic E-state index is -4.28. The molecular formula is C27H42N7O11P. The lowest BCUT2D eigenvalue weighted by molar-refractivity contribution is -0.143. The van der Waals surface area contributed by atoms with Crippen molar-refractivity contribution in [1.29, 1.82) is 0 Å². The third-order valence-corrected chi connectivity index (χ3v) is 9.35. The largest absolute Gasteiger partial charge is 0.509 e. The molecule has 0 bridgehead atoms. The van der Waals surface area contributed by atoms with Crippen molar-refractivity contribution in [2.45, 2.75) is 83.6 Å². The molecule has 0 radical (unpaired) electrons. The number of ether oxygens (including phenoxy) is 6. The molecule has 0 spiro atoms. The summed E-state index contributed by atoms with van der Waals surface area (Å²) in [7, 11) is -0.450. The molecule has 2 aromatic heterocycles. The molecule has 0 amide bonds. The van der Waals surface area contributed by atoms with Crippen LogP contribution < -0.4 is 20.6 Å². The van der Waals surface area contributed by atoms with Gasteiger partial charge in [-0.1, -0.05) is 27.7 Å². The molecule has 4 N–H and O–H groups in total. The van der Waals surface area contributed by atoms with Gasteiger partial charge in [0.2, 0.25) is 11.8 Å². The summed E-state index contributed by atoms with van der Waals surface area (Å²) in [6.07, 6.45) is -2.23. The van der Waals surface area contributed by atoms with Gasteiger partial charge in [0.25, 0.3) is 0 Å². The quantitative estimate of drug-likeness (QED) is 0.140. The molecule has 0 saturated carbocycles. The summed E-state index contributed by atoms with van der Waals surface area (Å²) in [6.45, 7) is 8.67. The van der Waals surface area contributed by atoms with Crippen molar-refractivity contribution in [3.63, 3.8) is 0 Å². The summed E-state index contributed by atoms with van der Waals surface area (Å²) >= 11 is 0. The van der Waals surface area contributed by atoms with Crippen molar-refractivity contribution < 1.29 is 51.9 Å². The number of hydrogen-bond donors (Lipinski definition) is 3. The molecular weight excluding hydrogens is 629 g/mol. The SMILES string of the molecule is COC(=O)C(CC(C)C)NP(=O)(NC(CC(C)C)C(=O)OC)OC[C@H]1OC(n2cnc3c(OC)nc(N)nc32)C2(C)OC(=O)O[C@@H]12. The van der Waals surface area contributed by atoms with Gasteiger partial charge in [-0.05, 0) is 31.6 Å². The van der Waals surface area contributed by atoms with Crippen LogP contribution in [-0.2, 0) is 42.4 Å². The van der Waals surface area contributed by atoms with E-state index in [-0.39, 0.29) is 47.7 Å². The molecule has 4 heterocycles. The van der Waals surface area contributed by atoms with E-state index in [1.165, 1.54) is 32.2 Å². The molecule has 2 aromatic rings. The maximum absolute atomic E-state index is 14.5. The Morgan fingerprint density at radius 3 is 2.17 bits per heavy atom. The summed E-state index contributed by atoms with van der Waals surface area (Å²) in [4.78, 5) is 50.5. The molecule has 46 heavy (non-hydrogen) atoms. The molecule has 2 fully saturated rings. The molecule has 256 valence electrons. The molecule has 6 atom stereocenters. The number of aromatic nitrogens is 4. The van der Waals surface area contributed by atoms with E-state index >= 15 is 0 Å². The molecule has 0 aliphatic carbocycles. The topological polar surface area (TPSA) is 227 Å². The molecule has 2 aliphatic heterocycles. The maximum Gasteiger partial charge on any atom is 0.509 e. The first kappa shape index (κ1) is 35.3. The van der Waals surface area contributed by atoms with Crippen LogP contribution in [0.5, 0.6) is 5.88 Å². The number of nitrogens with one attached hydrogen (secondary N) is 2. The van der Waals surface area contributed by atoms with E-state index < -0.39 is 68.5 Å². The lowest BCUT2D eigenvalue weighted by atomic mass is 9.96. The van der Waals surface area contributed by atoms with Gasteiger partial charge in [0.1, 0.15) is 18.2 Å². The minimum absolute atomic E-state index is 0.00623. The summed E-state index contributed by atoms with van der Waals surface area (Å²) in [5, 5.41) is 5.53. The van der Waals surface area contributed by atoms with Crippen molar-refractivity contribution in [2.24, 2.45) is 11.8 Å². The first-order valence-electron chi connectivity index (χ1n) is 14.7. The Labute approximate surface area is 265 Å². The van der Waals surface area contributed by atoms with Gasteiger partial charge in [-0.2, -0.15) is 9.97 Å². The summed E-state index contributed by atoms with van der Waals surface area (Å²) < 4.78 is 54.5. The second kappa shape index (κ2) is 14.0. The number of carbonyl (C=O) groups is 3. The fourth-order valence-electron chi connectivity index (χ4n) is 5.51. The third-order valence-electron chi connectivity index (χ3n) is 7.53. The van der Waals surface area contributed by atoms with E-state index in [0.29, 0.717) is 0 Å². The van der Waals surface area contributed by atoms with Crippen molar-refractivity contribution in [3.05, 3.63) is 6.33 Å². The van der Waals surface area contributed by atoms with Crippen LogP contribution in [0, 0.1) is 11.8 Å². The average molecular weight is 672 g/mol. The zero-order chi connectivity index (χ0) is 34.0. The van der Waals surface area contributed by atoms with Gasteiger partial charge in [-0.15, -0.1) is 0 Å². The zero-order valence-electron chi connectivity index (χ0n) is 27.0. The molecule has 4 unspecified atom stereocenters. The van der Waals surface area contributed by atoms with Crippen molar-refractivity contribution in [3.8, 4) is 5.88 Å². The number of esters is 2.